The molecule has 1 fully saturated rings. The van der Waals surface area contributed by atoms with Gasteiger partial charge in [-0.2, -0.15) is 0 Å². The topological polar surface area (TPSA) is 35.5 Å². The van der Waals surface area contributed by atoms with Crippen LogP contribution in [0.1, 0.15) is 18.4 Å². The molecule has 5 heteroatoms. The first kappa shape index (κ1) is 14.8. The minimum absolute atomic E-state index is 0.00769. The van der Waals surface area contributed by atoms with Gasteiger partial charge >= 0.3 is 0 Å². The summed E-state index contributed by atoms with van der Waals surface area (Å²) in [5.74, 6) is 0.00769. The summed E-state index contributed by atoms with van der Waals surface area (Å²) in [5, 5.41) is 1.03. The number of carbonyl (C=O) groups excluding carboxylic acids is 1. The van der Waals surface area contributed by atoms with Crippen LogP contribution < -0.4 is 0 Å². The number of hydrogen-bond acceptors (Lipinski definition) is 3. The zero-order chi connectivity index (χ0) is 13.9. The number of ketones is 1. The van der Waals surface area contributed by atoms with E-state index in [2.05, 4.69) is 0 Å². The van der Waals surface area contributed by atoms with Gasteiger partial charge in [-0.25, -0.2) is 0 Å². The molecule has 0 unspecified atom stereocenters. The second-order valence-corrected chi connectivity index (χ2v) is 5.43. The van der Waals surface area contributed by atoms with Crippen molar-refractivity contribution >= 4 is 29.0 Å². The van der Waals surface area contributed by atoms with Gasteiger partial charge in [-0.1, -0.05) is 29.3 Å². The maximum atomic E-state index is 12.5. The van der Waals surface area contributed by atoms with E-state index in [-0.39, 0.29) is 12.2 Å². The first-order chi connectivity index (χ1) is 9.09. The van der Waals surface area contributed by atoms with Gasteiger partial charge in [0.1, 0.15) is 5.60 Å². The van der Waals surface area contributed by atoms with Crippen molar-refractivity contribution in [2.75, 3.05) is 20.3 Å². The maximum absolute atomic E-state index is 12.5. The average molecular weight is 303 g/mol. The molecule has 1 heterocycles. The van der Waals surface area contributed by atoms with Gasteiger partial charge in [-0.05, 0) is 17.7 Å². The minimum Gasteiger partial charge on any atom is -0.381 e. The molecule has 104 valence electrons. The molecular weight excluding hydrogens is 287 g/mol. The molecular formula is C14H16Cl2O3. The third kappa shape index (κ3) is 3.11. The summed E-state index contributed by atoms with van der Waals surface area (Å²) in [7, 11) is 1.57. The quantitative estimate of drug-likeness (QED) is 0.856. The van der Waals surface area contributed by atoms with Crippen LogP contribution in [0.15, 0.2) is 18.2 Å². The molecule has 1 aliphatic heterocycles. The van der Waals surface area contributed by atoms with Crippen molar-refractivity contribution in [3.05, 3.63) is 33.8 Å². The van der Waals surface area contributed by atoms with Crippen molar-refractivity contribution in [1.82, 2.24) is 0 Å². The lowest BCUT2D eigenvalue weighted by Crippen LogP contribution is -2.46. The van der Waals surface area contributed by atoms with Crippen molar-refractivity contribution in [2.24, 2.45) is 0 Å². The third-order valence-electron chi connectivity index (χ3n) is 3.60. The van der Waals surface area contributed by atoms with E-state index >= 15 is 0 Å². The van der Waals surface area contributed by atoms with Crippen LogP contribution in [0, 0.1) is 0 Å². The number of rotatable bonds is 4. The van der Waals surface area contributed by atoms with Gasteiger partial charge in [-0.3, -0.25) is 4.79 Å². The predicted molar refractivity (Wildman–Crippen MR) is 75.0 cm³/mol. The molecule has 0 aromatic heterocycles. The van der Waals surface area contributed by atoms with Crippen LogP contribution in [0.4, 0.5) is 0 Å². The van der Waals surface area contributed by atoms with Gasteiger partial charge in [0.2, 0.25) is 0 Å². The van der Waals surface area contributed by atoms with Gasteiger partial charge < -0.3 is 9.47 Å². The van der Waals surface area contributed by atoms with Gasteiger partial charge in [0.05, 0.1) is 0 Å². The van der Waals surface area contributed by atoms with E-state index in [0.29, 0.717) is 41.7 Å². The Morgan fingerprint density at radius 1 is 1.32 bits per heavy atom. The lowest BCUT2D eigenvalue weighted by atomic mass is 9.86. The van der Waals surface area contributed by atoms with Crippen LogP contribution in [0.2, 0.25) is 10.0 Å². The van der Waals surface area contributed by atoms with E-state index < -0.39 is 5.60 Å². The molecule has 2 rings (SSSR count). The van der Waals surface area contributed by atoms with Crippen LogP contribution >= 0.6 is 23.2 Å². The van der Waals surface area contributed by atoms with E-state index in [1.54, 1.807) is 25.3 Å². The molecule has 3 nitrogen and oxygen atoms in total. The van der Waals surface area contributed by atoms with Crippen LogP contribution in [-0.2, 0) is 20.7 Å². The maximum Gasteiger partial charge on any atom is 0.169 e. The Bertz CT molecular complexity index is 448. The van der Waals surface area contributed by atoms with Crippen molar-refractivity contribution in [1.29, 1.82) is 0 Å². The monoisotopic (exact) mass is 302 g/mol. The first-order valence-corrected chi connectivity index (χ1v) is 6.94. The summed E-state index contributed by atoms with van der Waals surface area (Å²) in [6.45, 7) is 1.08. The number of benzene rings is 1. The second-order valence-electron chi connectivity index (χ2n) is 4.61. The van der Waals surface area contributed by atoms with Crippen molar-refractivity contribution in [3.8, 4) is 0 Å². The Morgan fingerprint density at radius 2 is 1.89 bits per heavy atom. The van der Waals surface area contributed by atoms with E-state index in [0.717, 1.165) is 0 Å². The summed E-state index contributed by atoms with van der Waals surface area (Å²) in [6, 6.07) is 5.23. The number of Topliss-reactive ketones (excluding diaryl/α,β-unsaturated/α-hetero) is 1. The Kier molecular flexibility index (Phi) is 4.85. The van der Waals surface area contributed by atoms with Gasteiger partial charge in [0, 0.05) is 49.6 Å². The van der Waals surface area contributed by atoms with Crippen LogP contribution in [0.3, 0.4) is 0 Å². The molecule has 0 spiro atoms. The second kappa shape index (κ2) is 6.23. The minimum atomic E-state index is -0.763. The fourth-order valence-electron chi connectivity index (χ4n) is 2.32. The molecule has 1 aromatic rings. The van der Waals surface area contributed by atoms with E-state index in [9.17, 15) is 4.79 Å². The smallest absolute Gasteiger partial charge is 0.169 e. The largest absolute Gasteiger partial charge is 0.381 e. The molecule has 0 atom stereocenters. The summed E-state index contributed by atoms with van der Waals surface area (Å²) in [4.78, 5) is 12.5. The van der Waals surface area contributed by atoms with Crippen LogP contribution in [0.25, 0.3) is 0 Å². The van der Waals surface area contributed by atoms with Crippen molar-refractivity contribution < 1.29 is 14.3 Å². The zero-order valence-electron chi connectivity index (χ0n) is 10.7. The van der Waals surface area contributed by atoms with Crippen LogP contribution in [-0.4, -0.2) is 31.7 Å². The summed E-state index contributed by atoms with van der Waals surface area (Å²) < 4.78 is 10.8. The molecule has 1 aliphatic rings. The SMILES string of the molecule is COC1(C(=O)Cc2c(Cl)cccc2Cl)CCOCC1. The average Bonchev–Trinajstić information content (AvgIpc) is 2.43. The summed E-state index contributed by atoms with van der Waals surface area (Å²) in [6.07, 6.45) is 1.33. The number of halogens is 2. The van der Waals surface area contributed by atoms with Gasteiger partial charge in [0.25, 0.3) is 0 Å². The number of hydrogen-bond donors (Lipinski definition) is 0. The highest BCUT2D eigenvalue weighted by molar-refractivity contribution is 6.36. The van der Waals surface area contributed by atoms with Crippen molar-refractivity contribution in [3.63, 3.8) is 0 Å². The highest BCUT2D eigenvalue weighted by atomic mass is 35.5. The molecule has 0 amide bonds. The summed E-state index contributed by atoms with van der Waals surface area (Å²) in [5.41, 5.74) is -0.0976. The zero-order valence-corrected chi connectivity index (χ0v) is 12.3. The lowest BCUT2D eigenvalue weighted by molar-refractivity contribution is -0.151. The molecule has 0 bridgehead atoms. The lowest BCUT2D eigenvalue weighted by Gasteiger charge is -2.34. The molecule has 0 radical (unpaired) electrons. The molecule has 0 N–H and O–H groups in total. The fraction of sp³-hybridized carbons (Fsp3) is 0.500. The Morgan fingerprint density at radius 3 is 2.42 bits per heavy atom. The standard InChI is InChI=1S/C14H16Cl2O3/c1-18-14(5-7-19-8-6-14)13(17)9-10-11(15)3-2-4-12(10)16/h2-4H,5-9H2,1H3. The van der Waals surface area contributed by atoms with Crippen LogP contribution in [0.5, 0.6) is 0 Å². The highest BCUT2D eigenvalue weighted by Gasteiger charge is 2.40. The van der Waals surface area contributed by atoms with E-state index in [4.69, 9.17) is 32.7 Å². The Labute approximate surface area is 122 Å². The number of methoxy groups -OCH3 is 1. The molecule has 1 saturated heterocycles. The first-order valence-electron chi connectivity index (χ1n) is 6.18. The fourth-order valence-corrected chi connectivity index (χ4v) is 2.85. The molecule has 19 heavy (non-hydrogen) atoms. The molecule has 1 aromatic carbocycles. The third-order valence-corrected chi connectivity index (χ3v) is 4.31. The van der Waals surface area contributed by atoms with Gasteiger partial charge in [0.15, 0.2) is 5.78 Å². The highest BCUT2D eigenvalue weighted by Crippen LogP contribution is 2.31. The predicted octanol–water partition coefficient (Wildman–Crippen LogP) is 3.30. The Balaban J connectivity index is 2.20. The van der Waals surface area contributed by atoms with E-state index in [1.807, 2.05) is 0 Å². The normalized spacial score (nSPS) is 18.3. The van der Waals surface area contributed by atoms with Gasteiger partial charge in [-0.15, -0.1) is 0 Å². The number of ether oxygens (including phenoxy) is 2. The molecule has 0 aliphatic carbocycles. The van der Waals surface area contributed by atoms with Crippen molar-refractivity contribution in [2.45, 2.75) is 24.9 Å². The Hall–Kier alpha value is -0.610. The summed E-state index contributed by atoms with van der Waals surface area (Å²) >= 11 is 12.2. The van der Waals surface area contributed by atoms with E-state index in [1.165, 1.54) is 0 Å². The number of carbonyl (C=O) groups is 1. The molecule has 0 saturated carbocycles.